The molecule has 0 amide bonds. The highest BCUT2D eigenvalue weighted by molar-refractivity contribution is 6.25. The zero-order valence-electron chi connectivity index (χ0n) is 8.27. The Labute approximate surface area is 85.9 Å². The van der Waals surface area contributed by atoms with Gasteiger partial charge in [-0.05, 0) is 32.6 Å². The quantitative estimate of drug-likeness (QED) is 0.483. The minimum absolute atomic E-state index is 0.222. The fourth-order valence-electron chi connectivity index (χ4n) is 1.39. The lowest BCUT2D eigenvalue weighted by atomic mass is 9.85. The van der Waals surface area contributed by atoms with Crippen LogP contribution in [0, 0.1) is 11.8 Å². The maximum Gasteiger partial charge on any atom is 0.0435 e. The van der Waals surface area contributed by atoms with Crippen LogP contribution < -0.4 is 0 Å². The highest BCUT2D eigenvalue weighted by atomic mass is 35.5. The summed E-state index contributed by atoms with van der Waals surface area (Å²) in [6, 6.07) is 0. The van der Waals surface area contributed by atoms with Crippen molar-refractivity contribution in [3.8, 4) is 0 Å². The van der Waals surface area contributed by atoms with Crippen molar-refractivity contribution in [1.29, 1.82) is 0 Å². The van der Waals surface area contributed by atoms with Crippen LogP contribution in [0.4, 0.5) is 0 Å². The Bertz CT molecular complexity index is 144. The van der Waals surface area contributed by atoms with E-state index in [-0.39, 0.29) is 4.87 Å². The van der Waals surface area contributed by atoms with E-state index in [1.165, 1.54) is 0 Å². The second-order valence-electron chi connectivity index (χ2n) is 3.71. The van der Waals surface area contributed by atoms with Gasteiger partial charge in [-0.15, -0.1) is 23.2 Å². The Morgan fingerprint density at radius 3 is 2.17 bits per heavy atom. The smallest absolute Gasteiger partial charge is 0.0435 e. The van der Waals surface area contributed by atoms with Gasteiger partial charge in [-0.3, -0.25) is 0 Å². The van der Waals surface area contributed by atoms with Crippen molar-refractivity contribution < 1.29 is 0 Å². The highest BCUT2D eigenvalue weighted by Crippen LogP contribution is 2.32. The lowest BCUT2D eigenvalue weighted by molar-refractivity contribution is 0.373. The maximum absolute atomic E-state index is 6.21. The molecule has 0 aliphatic carbocycles. The number of alkyl halides is 2. The third-order valence-corrected chi connectivity index (χ3v) is 2.79. The molecule has 72 valence electrons. The van der Waals surface area contributed by atoms with Crippen molar-refractivity contribution in [2.24, 2.45) is 11.8 Å². The van der Waals surface area contributed by atoms with Gasteiger partial charge in [0.1, 0.15) is 0 Å². The summed E-state index contributed by atoms with van der Waals surface area (Å²) >= 11 is 12.1. The van der Waals surface area contributed by atoms with E-state index in [2.05, 4.69) is 13.0 Å². The molecule has 0 aromatic heterocycles. The molecule has 12 heavy (non-hydrogen) atoms. The van der Waals surface area contributed by atoms with Crippen LogP contribution in [0.2, 0.25) is 0 Å². The van der Waals surface area contributed by atoms with Gasteiger partial charge < -0.3 is 0 Å². The minimum atomic E-state index is -0.222. The van der Waals surface area contributed by atoms with Gasteiger partial charge in [0.15, 0.2) is 0 Å². The van der Waals surface area contributed by atoms with Crippen molar-refractivity contribution in [3.05, 3.63) is 12.2 Å². The zero-order valence-corrected chi connectivity index (χ0v) is 9.78. The van der Waals surface area contributed by atoms with Crippen LogP contribution in [0.3, 0.4) is 0 Å². The van der Waals surface area contributed by atoms with E-state index in [0.29, 0.717) is 17.7 Å². The molecule has 0 rings (SSSR count). The number of hydrogen-bond acceptors (Lipinski definition) is 0. The van der Waals surface area contributed by atoms with E-state index in [1.807, 2.05) is 26.8 Å². The van der Waals surface area contributed by atoms with Gasteiger partial charge in [-0.25, -0.2) is 0 Å². The average molecular weight is 209 g/mol. The molecular weight excluding hydrogens is 191 g/mol. The number of allylic oxidation sites excluding steroid dienone is 2. The van der Waals surface area contributed by atoms with Crippen LogP contribution in [0.1, 0.15) is 27.7 Å². The van der Waals surface area contributed by atoms with E-state index in [4.69, 9.17) is 23.2 Å². The second kappa shape index (κ2) is 5.14. The Morgan fingerprint density at radius 2 is 1.92 bits per heavy atom. The molecule has 0 radical (unpaired) electrons. The van der Waals surface area contributed by atoms with Crippen LogP contribution in [0.25, 0.3) is 0 Å². The molecular formula is C10H18Cl2. The third kappa shape index (κ3) is 3.82. The Hall–Kier alpha value is 0.320. The van der Waals surface area contributed by atoms with Gasteiger partial charge in [0.25, 0.3) is 0 Å². The lowest BCUT2D eigenvalue weighted by Crippen LogP contribution is -2.31. The molecule has 0 spiro atoms. The molecule has 0 aliphatic heterocycles. The predicted molar refractivity (Wildman–Crippen MR) is 58.1 cm³/mol. The summed E-state index contributed by atoms with van der Waals surface area (Å²) in [4.78, 5) is -0.222. The van der Waals surface area contributed by atoms with Crippen molar-refractivity contribution >= 4 is 23.2 Å². The molecule has 0 saturated carbocycles. The number of halogens is 2. The molecule has 0 bridgehead atoms. The fraction of sp³-hybridized carbons (Fsp3) is 0.800. The zero-order chi connectivity index (χ0) is 9.78. The first kappa shape index (κ1) is 12.3. The van der Waals surface area contributed by atoms with Crippen LogP contribution in [-0.2, 0) is 0 Å². The van der Waals surface area contributed by atoms with E-state index in [9.17, 15) is 0 Å². The van der Waals surface area contributed by atoms with Crippen LogP contribution in [-0.4, -0.2) is 10.8 Å². The summed E-state index contributed by atoms with van der Waals surface area (Å²) in [6.07, 6.45) is 4.20. The van der Waals surface area contributed by atoms with Crippen molar-refractivity contribution in [2.75, 3.05) is 5.88 Å². The molecule has 0 aliphatic rings. The van der Waals surface area contributed by atoms with Gasteiger partial charge in [0.05, 0.1) is 0 Å². The molecule has 0 nitrogen and oxygen atoms in total. The molecule has 0 saturated heterocycles. The molecule has 0 aromatic carbocycles. The third-order valence-electron chi connectivity index (χ3n) is 2.18. The van der Waals surface area contributed by atoms with Gasteiger partial charge >= 0.3 is 0 Å². The summed E-state index contributed by atoms with van der Waals surface area (Å²) < 4.78 is 0. The second-order valence-corrected chi connectivity index (χ2v) is 4.99. The standard InChI is InChI=1S/C10H18Cl2/c1-5-6-8(2)9(7-11)10(3,4)12/h5-6,8-9H,7H2,1-4H3/b6-5+. The van der Waals surface area contributed by atoms with Crippen molar-refractivity contribution in [3.63, 3.8) is 0 Å². The van der Waals surface area contributed by atoms with Crippen LogP contribution in [0.5, 0.6) is 0 Å². The molecule has 0 aromatic rings. The van der Waals surface area contributed by atoms with Crippen LogP contribution in [0.15, 0.2) is 12.2 Å². The summed E-state index contributed by atoms with van der Waals surface area (Å²) in [5.74, 6) is 1.39. The highest BCUT2D eigenvalue weighted by Gasteiger charge is 2.29. The van der Waals surface area contributed by atoms with Gasteiger partial charge in [-0.2, -0.15) is 0 Å². The SMILES string of the molecule is C/C=C/C(C)C(CCl)C(C)(C)Cl. The number of hydrogen-bond donors (Lipinski definition) is 0. The van der Waals surface area contributed by atoms with Crippen LogP contribution >= 0.6 is 23.2 Å². The first-order chi connectivity index (χ1) is 5.43. The summed E-state index contributed by atoms with van der Waals surface area (Å²) in [5, 5.41) is 0. The van der Waals surface area contributed by atoms with E-state index in [1.54, 1.807) is 0 Å². The summed E-state index contributed by atoms with van der Waals surface area (Å²) in [7, 11) is 0. The van der Waals surface area contributed by atoms with Gasteiger partial charge in [-0.1, -0.05) is 19.1 Å². The van der Waals surface area contributed by atoms with Gasteiger partial charge in [0.2, 0.25) is 0 Å². The molecule has 2 heteroatoms. The molecule has 2 atom stereocenters. The Morgan fingerprint density at radius 1 is 1.42 bits per heavy atom. The summed E-state index contributed by atoms with van der Waals surface area (Å²) in [5.41, 5.74) is 0. The van der Waals surface area contributed by atoms with Crippen molar-refractivity contribution in [1.82, 2.24) is 0 Å². The maximum atomic E-state index is 6.21. The number of rotatable bonds is 4. The normalized spacial score (nSPS) is 18.2. The van der Waals surface area contributed by atoms with E-state index in [0.717, 1.165) is 0 Å². The van der Waals surface area contributed by atoms with Gasteiger partial charge in [0, 0.05) is 10.8 Å². The molecule has 0 fully saturated rings. The largest absolute Gasteiger partial charge is 0.126 e. The Kier molecular flexibility index (Phi) is 5.27. The average Bonchev–Trinajstić information content (AvgIpc) is 1.85. The minimum Gasteiger partial charge on any atom is -0.126 e. The summed E-state index contributed by atoms with van der Waals surface area (Å²) in [6.45, 7) is 8.20. The van der Waals surface area contributed by atoms with Crippen molar-refractivity contribution in [2.45, 2.75) is 32.6 Å². The topological polar surface area (TPSA) is 0 Å². The predicted octanol–water partition coefficient (Wildman–Crippen LogP) is 4.07. The monoisotopic (exact) mass is 208 g/mol. The molecule has 0 heterocycles. The first-order valence-electron chi connectivity index (χ1n) is 4.31. The Balaban J connectivity index is 4.34. The first-order valence-corrected chi connectivity index (χ1v) is 5.22. The lowest BCUT2D eigenvalue weighted by Gasteiger charge is -2.30. The fourth-order valence-corrected chi connectivity index (χ4v) is 2.41. The molecule has 2 unspecified atom stereocenters. The molecule has 0 N–H and O–H groups in total. The van der Waals surface area contributed by atoms with E-state index >= 15 is 0 Å². The van der Waals surface area contributed by atoms with E-state index < -0.39 is 0 Å².